The second kappa shape index (κ2) is 5.01. The Morgan fingerprint density at radius 1 is 1.28 bits per heavy atom. The van der Waals surface area contributed by atoms with Gasteiger partial charge in [-0.3, -0.25) is 4.79 Å². The highest BCUT2D eigenvalue weighted by Crippen LogP contribution is 2.16. The van der Waals surface area contributed by atoms with Crippen molar-refractivity contribution in [2.75, 3.05) is 11.1 Å². The average molecular weight is 266 g/mol. The molecule has 18 heavy (non-hydrogen) atoms. The number of hydrogen-bond acceptors (Lipinski definition) is 3. The molecular weight excluding hydrogens is 257 g/mol. The minimum Gasteiger partial charge on any atom is -0.381 e. The lowest BCUT2D eigenvalue weighted by Crippen LogP contribution is -2.15. The van der Waals surface area contributed by atoms with E-state index in [0.29, 0.717) is 10.7 Å². The largest absolute Gasteiger partial charge is 0.381 e. The first kappa shape index (κ1) is 12.3. The van der Waals surface area contributed by atoms with E-state index in [4.69, 9.17) is 17.3 Å². The van der Waals surface area contributed by atoms with Crippen molar-refractivity contribution in [1.82, 2.24) is 4.98 Å². The number of nitrogens with one attached hydrogen (secondary N) is 1. The molecule has 0 spiro atoms. The first-order chi connectivity index (χ1) is 8.58. The van der Waals surface area contributed by atoms with Crippen LogP contribution in [0.1, 0.15) is 10.4 Å². The summed E-state index contributed by atoms with van der Waals surface area (Å²) in [4.78, 5) is 15.4. The third-order valence-electron chi connectivity index (χ3n) is 2.26. The average Bonchev–Trinajstić information content (AvgIpc) is 2.35. The number of anilines is 2. The van der Waals surface area contributed by atoms with Crippen molar-refractivity contribution >= 4 is 29.0 Å². The lowest BCUT2D eigenvalue weighted by Gasteiger charge is -2.06. The topological polar surface area (TPSA) is 68.0 Å². The van der Waals surface area contributed by atoms with Gasteiger partial charge >= 0.3 is 0 Å². The Balaban J connectivity index is 2.22. The summed E-state index contributed by atoms with van der Waals surface area (Å²) in [7, 11) is 0. The molecule has 1 heterocycles. The number of nitrogen functional groups attached to an aromatic ring is 1. The molecule has 0 saturated heterocycles. The standard InChI is InChI=1S/C12H9ClFN3O/c13-7-1-3-8(4-2-7)17-12(18)9-5-6-16-11(15)10(9)14/h1-6H,(H2,15,16)(H,17,18). The van der Waals surface area contributed by atoms with Gasteiger partial charge in [0.05, 0.1) is 5.56 Å². The molecule has 0 aliphatic rings. The zero-order chi connectivity index (χ0) is 13.1. The maximum atomic E-state index is 13.5. The van der Waals surface area contributed by atoms with Gasteiger partial charge in [0.25, 0.3) is 5.91 Å². The summed E-state index contributed by atoms with van der Waals surface area (Å²) in [5, 5.41) is 3.08. The van der Waals surface area contributed by atoms with Gasteiger partial charge < -0.3 is 11.1 Å². The molecule has 6 heteroatoms. The van der Waals surface area contributed by atoms with Crippen LogP contribution < -0.4 is 11.1 Å². The summed E-state index contributed by atoms with van der Waals surface area (Å²) < 4.78 is 13.5. The molecule has 0 aliphatic heterocycles. The number of nitrogens with two attached hydrogens (primary N) is 1. The zero-order valence-electron chi connectivity index (χ0n) is 9.15. The van der Waals surface area contributed by atoms with Crippen molar-refractivity contribution in [3.8, 4) is 0 Å². The van der Waals surface area contributed by atoms with Gasteiger partial charge in [-0.2, -0.15) is 0 Å². The smallest absolute Gasteiger partial charge is 0.258 e. The Morgan fingerprint density at radius 2 is 1.94 bits per heavy atom. The molecule has 0 saturated carbocycles. The molecule has 0 fully saturated rings. The molecule has 92 valence electrons. The third kappa shape index (κ3) is 2.57. The Morgan fingerprint density at radius 3 is 2.61 bits per heavy atom. The van der Waals surface area contributed by atoms with Crippen LogP contribution >= 0.6 is 11.6 Å². The van der Waals surface area contributed by atoms with E-state index < -0.39 is 11.7 Å². The number of pyridine rings is 1. The normalized spacial score (nSPS) is 10.1. The Bertz CT molecular complexity index is 586. The predicted molar refractivity (Wildman–Crippen MR) is 68.0 cm³/mol. The van der Waals surface area contributed by atoms with Crippen LogP contribution in [0.5, 0.6) is 0 Å². The molecule has 0 aliphatic carbocycles. The number of amides is 1. The van der Waals surface area contributed by atoms with E-state index in [1.165, 1.54) is 12.3 Å². The summed E-state index contributed by atoms with van der Waals surface area (Å²) in [5.41, 5.74) is 5.65. The summed E-state index contributed by atoms with van der Waals surface area (Å²) in [5.74, 6) is -1.73. The van der Waals surface area contributed by atoms with Crippen LogP contribution in [0.4, 0.5) is 15.9 Å². The minimum absolute atomic E-state index is 0.155. The molecule has 1 aromatic heterocycles. The van der Waals surface area contributed by atoms with E-state index in [9.17, 15) is 9.18 Å². The third-order valence-corrected chi connectivity index (χ3v) is 2.51. The number of carbonyl (C=O) groups is 1. The molecule has 1 amide bonds. The van der Waals surface area contributed by atoms with E-state index in [1.54, 1.807) is 24.3 Å². The Kier molecular flexibility index (Phi) is 3.43. The van der Waals surface area contributed by atoms with Gasteiger partial charge in [-0.15, -0.1) is 0 Å². The number of benzene rings is 1. The van der Waals surface area contributed by atoms with Crippen molar-refractivity contribution in [3.63, 3.8) is 0 Å². The van der Waals surface area contributed by atoms with Crippen LogP contribution in [0, 0.1) is 5.82 Å². The Hall–Kier alpha value is -2.14. The van der Waals surface area contributed by atoms with Crippen molar-refractivity contribution in [3.05, 3.63) is 52.9 Å². The van der Waals surface area contributed by atoms with E-state index in [-0.39, 0.29) is 11.4 Å². The summed E-state index contributed by atoms with van der Waals surface area (Å²) >= 11 is 5.71. The first-order valence-corrected chi connectivity index (χ1v) is 5.42. The molecule has 0 radical (unpaired) electrons. The molecule has 2 rings (SSSR count). The molecule has 0 atom stereocenters. The van der Waals surface area contributed by atoms with Gasteiger partial charge in [0.2, 0.25) is 0 Å². The summed E-state index contributed by atoms with van der Waals surface area (Å²) in [6.45, 7) is 0. The van der Waals surface area contributed by atoms with Crippen molar-refractivity contribution in [2.45, 2.75) is 0 Å². The van der Waals surface area contributed by atoms with E-state index >= 15 is 0 Å². The van der Waals surface area contributed by atoms with Crippen LogP contribution in [0.3, 0.4) is 0 Å². The SMILES string of the molecule is Nc1nccc(C(=O)Nc2ccc(Cl)cc2)c1F. The number of nitrogens with zero attached hydrogens (tertiary/aromatic N) is 1. The van der Waals surface area contributed by atoms with Crippen LogP contribution in [0.2, 0.25) is 5.02 Å². The summed E-state index contributed by atoms with van der Waals surface area (Å²) in [6, 6.07) is 7.73. The quantitative estimate of drug-likeness (QED) is 0.877. The number of aromatic nitrogens is 1. The second-order valence-electron chi connectivity index (χ2n) is 3.52. The molecule has 3 N–H and O–H groups in total. The molecule has 0 bridgehead atoms. The number of halogens is 2. The highest BCUT2D eigenvalue weighted by molar-refractivity contribution is 6.30. The predicted octanol–water partition coefficient (Wildman–Crippen LogP) is 2.71. The highest BCUT2D eigenvalue weighted by Gasteiger charge is 2.14. The van der Waals surface area contributed by atoms with Crippen LogP contribution in [0.15, 0.2) is 36.5 Å². The lowest BCUT2D eigenvalue weighted by atomic mass is 10.2. The minimum atomic E-state index is -0.830. The molecule has 1 aromatic carbocycles. The fourth-order valence-corrected chi connectivity index (χ4v) is 1.49. The number of rotatable bonds is 2. The molecular formula is C12H9ClFN3O. The first-order valence-electron chi connectivity index (χ1n) is 5.05. The fourth-order valence-electron chi connectivity index (χ4n) is 1.37. The maximum Gasteiger partial charge on any atom is 0.258 e. The van der Waals surface area contributed by atoms with Gasteiger partial charge in [0, 0.05) is 16.9 Å². The van der Waals surface area contributed by atoms with Crippen LogP contribution in [-0.2, 0) is 0 Å². The van der Waals surface area contributed by atoms with E-state index in [2.05, 4.69) is 10.3 Å². The molecule has 4 nitrogen and oxygen atoms in total. The van der Waals surface area contributed by atoms with Gasteiger partial charge in [-0.1, -0.05) is 11.6 Å². The summed E-state index contributed by atoms with van der Waals surface area (Å²) in [6.07, 6.45) is 1.27. The van der Waals surface area contributed by atoms with E-state index in [0.717, 1.165) is 0 Å². The van der Waals surface area contributed by atoms with Gasteiger partial charge in [-0.05, 0) is 30.3 Å². The monoisotopic (exact) mass is 265 g/mol. The lowest BCUT2D eigenvalue weighted by molar-refractivity contribution is 0.102. The van der Waals surface area contributed by atoms with Gasteiger partial charge in [-0.25, -0.2) is 9.37 Å². The fraction of sp³-hybridized carbons (Fsp3) is 0. The van der Waals surface area contributed by atoms with Crippen molar-refractivity contribution < 1.29 is 9.18 Å². The van der Waals surface area contributed by atoms with Crippen LogP contribution in [-0.4, -0.2) is 10.9 Å². The Labute approximate surface area is 108 Å². The van der Waals surface area contributed by atoms with Gasteiger partial charge in [0.1, 0.15) is 0 Å². The zero-order valence-corrected chi connectivity index (χ0v) is 9.91. The number of carbonyl (C=O) groups excluding carboxylic acids is 1. The number of hydrogen-bond donors (Lipinski definition) is 2. The molecule has 2 aromatic rings. The highest BCUT2D eigenvalue weighted by atomic mass is 35.5. The van der Waals surface area contributed by atoms with Crippen LogP contribution in [0.25, 0.3) is 0 Å². The second-order valence-corrected chi connectivity index (χ2v) is 3.96. The van der Waals surface area contributed by atoms with Gasteiger partial charge in [0.15, 0.2) is 11.6 Å². The van der Waals surface area contributed by atoms with E-state index in [1.807, 2.05) is 0 Å². The maximum absolute atomic E-state index is 13.5. The molecule has 0 unspecified atom stereocenters. The van der Waals surface area contributed by atoms with Crippen molar-refractivity contribution in [1.29, 1.82) is 0 Å². The van der Waals surface area contributed by atoms with Crippen molar-refractivity contribution in [2.24, 2.45) is 0 Å².